The van der Waals surface area contributed by atoms with Crippen molar-refractivity contribution in [2.75, 3.05) is 19.0 Å². The van der Waals surface area contributed by atoms with E-state index >= 15 is 0 Å². The van der Waals surface area contributed by atoms with Gasteiger partial charge < -0.3 is 10.1 Å². The molecular formula is C24H25N5O3. The molecule has 4 rings (SSSR count). The highest BCUT2D eigenvalue weighted by Gasteiger charge is 2.50. The molecule has 1 N–H and O–H groups in total. The van der Waals surface area contributed by atoms with Crippen molar-refractivity contribution in [3.05, 3.63) is 77.4 Å². The van der Waals surface area contributed by atoms with Gasteiger partial charge in [-0.1, -0.05) is 30.3 Å². The normalized spacial score (nSPS) is 16.9. The molecule has 8 nitrogen and oxygen atoms in total. The number of carbonyl (C=O) groups excluding carboxylic acids is 2. The summed E-state index contributed by atoms with van der Waals surface area (Å²) in [5.74, 6) is -0.198. The van der Waals surface area contributed by atoms with Crippen LogP contribution in [0.15, 0.2) is 54.9 Å². The van der Waals surface area contributed by atoms with Crippen molar-refractivity contribution in [1.82, 2.24) is 19.9 Å². The molecule has 0 bridgehead atoms. The number of nitrogens with one attached hydrogen (secondary N) is 1. The number of nitrogens with zero attached hydrogens (tertiary/aromatic N) is 4. The monoisotopic (exact) mass is 431 g/mol. The number of rotatable bonds is 6. The van der Waals surface area contributed by atoms with Gasteiger partial charge in [0.05, 0.1) is 19.3 Å². The first kappa shape index (κ1) is 21.6. The maximum atomic E-state index is 13.0. The number of esters is 1. The fourth-order valence-electron chi connectivity index (χ4n) is 4.02. The van der Waals surface area contributed by atoms with Crippen LogP contribution in [0.5, 0.6) is 0 Å². The van der Waals surface area contributed by atoms with Crippen molar-refractivity contribution in [2.45, 2.75) is 32.4 Å². The molecule has 0 spiro atoms. The van der Waals surface area contributed by atoms with Gasteiger partial charge in [0, 0.05) is 40.4 Å². The molecule has 32 heavy (non-hydrogen) atoms. The van der Waals surface area contributed by atoms with E-state index in [2.05, 4.69) is 20.3 Å². The summed E-state index contributed by atoms with van der Waals surface area (Å²) < 4.78 is 5.09. The number of methoxy groups -OCH3 is 1. The molecule has 0 fully saturated rings. The number of ether oxygens (including phenoxy) is 1. The molecule has 3 heterocycles. The van der Waals surface area contributed by atoms with Crippen LogP contribution >= 0.6 is 0 Å². The molecule has 1 aromatic carbocycles. The van der Waals surface area contributed by atoms with Gasteiger partial charge >= 0.3 is 5.97 Å². The van der Waals surface area contributed by atoms with Crippen LogP contribution in [0.25, 0.3) is 0 Å². The van der Waals surface area contributed by atoms with Crippen LogP contribution in [0.3, 0.4) is 0 Å². The predicted octanol–water partition coefficient (Wildman–Crippen LogP) is 3.57. The number of carbonyl (C=O) groups is 2. The van der Waals surface area contributed by atoms with E-state index in [-0.39, 0.29) is 12.3 Å². The molecular weight excluding hydrogens is 406 g/mol. The Balaban J connectivity index is 1.70. The zero-order chi connectivity index (χ0) is 22.9. The van der Waals surface area contributed by atoms with Gasteiger partial charge in [-0.15, -0.1) is 0 Å². The van der Waals surface area contributed by atoms with Crippen molar-refractivity contribution in [3.8, 4) is 0 Å². The van der Waals surface area contributed by atoms with Crippen molar-refractivity contribution < 1.29 is 14.3 Å². The Hall–Kier alpha value is -3.65. The lowest BCUT2D eigenvalue weighted by Gasteiger charge is -2.34. The van der Waals surface area contributed by atoms with Crippen LogP contribution in [0.4, 0.5) is 11.6 Å². The lowest BCUT2D eigenvalue weighted by molar-refractivity contribution is -0.148. The Morgan fingerprint density at radius 2 is 1.91 bits per heavy atom. The predicted molar refractivity (Wildman–Crippen MR) is 120 cm³/mol. The van der Waals surface area contributed by atoms with Gasteiger partial charge in [-0.2, -0.15) is 0 Å². The van der Waals surface area contributed by atoms with E-state index in [1.54, 1.807) is 24.5 Å². The molecule has 0 amide bonds. The van der Waals surface area contributed by atoms with E-state index in [9.17, 15) is 9.59 Å². The van der Waals surface area contributed by atoms with Crippen LogP contribution in [0.1, 0.15) is 47.2 Å². The molecule has 3 aromatic rings. The standard InChI is InChI=1S/C24H25N5O3/c1-15-12-17(10-11-25-15)27-23-26-13-18-20(28-23)21(22(31)32-4)29(24(18,2)3)14-19(30)16-8-6-5-7-9-16/h5-13,21H,14H2,1-4H3,(H,25,26,27,28). The first-order valence-electron chi connectivity index (χ1n) is 10.3. The van der Waals surface area contributed by atoms with Crippen LogP contribution in [-0.2, 0) is 15.1 Å². The summed E-state index contributed by atoms with van der Waals surface area (Å²) in [6.07, 6.45) is 3.41. The minimum absolute atomic E-state index is 0.0411. The molecule has 8 heteroatoms. The number of aromatic nitrogens is 3. The summed E-state index contributed by atoms with van der Waals surface area (Å²) in [5, 5.41) is 3.16. The molecule has 0 radical (unpaired) electrons. The van der Waals surface area contributed by atoms with Gasteiger partial charge in [-0.3, -0.25) is 14.7 Å². The molecule has 1 aliphatic heterocycles. The highest BCUT2D eigenvalue weighted by Crippen LogP contribution is 2.45. The minimum atomic E-state index is -0.819. The van der Waals surface area contributed by atoms with Crippen molar-refractivity contribution >= 4 is 23.4 Å². The summed E-state index contributed by atoms with van der Waals surface area (Å²) >= 11 is 0. The lowest BCUT2D eigenvalue weighted by atomic mass is 9.97. The number of Topliss-reactive ketones (excluding diaryl/α,β-unsaturated/α-hetero) is 1. The molecule has 2 aromatic heterocycles. The largest absolute Gasteiger partial charge is 0.468 e. The maximum absolute atomic E-state index is 13.0. The molecule has 1 unspecified atom stereocenters. The fourth-order valence-corrected chi connectivity index (χ4v) is 4.02. The Bertz CT molecular complexity index is 1160. The highest BCUT2D eigenvalue weighted by molar-refractivity contribution is 5.98. The average Bonchev–Trinajstić information content (AvgIpc) is 3.00. The van der Waals surface area contributed by atoms with E-state index in [1.165, 1.54) is 7.11 Å². The van der Waals surface area contributed by atoms with E-state index in [1.807, 2.05) is 56.0 Å². The Morgan fingerprint density at radius 3 is 2.59 bits per heavy atom. The fraction of sp³-hybridized carbons (Fsp3) is 0.292. The van der Waals surface area contributed by atoms with Crippen molar-refractivity contribution in [3.63, 3.8) is 0 Å². The second-order valence-electron chi connectivity index (χ2n) is 8.21. The van der Waals surface area contributed by atoms with Crippen molar-refractivity contribution in [2.24, 2.45) is 0 Å². The Labute approximate surface area is 186 Å². The number of hydrogen-bond donors (Lipinski definition) is 1. The number of anilines is 2. The minimum Gasteiger partial charge on any atom is -0.468 e. The van der Waals surface area contributed by atoms with E-state index in [0.717, 1.165) is 16.9 Å². The van der Waals surface area contributed by atoms with Crippen LogP contribution in [0.2, 0.25) is 0 Å². The van der Waals surface area contributed by atoms with Gasteiger partial charge in [-0.05, 0) is 32.9 Å². The van der Waals surface area contributed by atoms with Crippen molar-refractivity contribution in [1.29, 1.82) is 0 Å². The third-order valence-corrected chi connectivity index (χ3v) is 5.75. The van der Waals surface area contributed by atoms with E-state index in [4.69, 9.17) is 4.74 Å². The van der Waals surface area contributed by atoms with E-state index < -0.39 is 17.6 Å². The smallest absolute Gasteiger partial charge is 0.329 e. The first-order valence-corrected chi connectivity index (χ1v) is 10.3. The summed E-state index contributed by atoms with van der Waals surface area (Å²) in [5.41, 5.74) is 2.90. The third kappa shape index (κ3) is 3.97. The number of fused-ring (bicyclic) bond motifs is 1. The second kappa shape index (κ2) is 8.47. The summed E-state index contributed by atoms with van der Waals surface area (Å²) in [6.45, 7) is 5.84. The highest BCUT2D eigenvalue weighted by atomic mass is 16.5. The van der Waals surface area contributed by atoms with Crippen LogP contribution in [0, 0.1) is 6.92 Å². The van der Waals surface area contributed by atoms with Gasteiger partial charge in [0.25, 0.3) is 0 Å². The molecule has 1 aliphatic rings. The average molecular weight is 431 g/mol. The number of benzene rings is 1. The Morgan fingerprint density at radius 1 is 1.16 bits per heavy atom. The summed E-state index contributed by atoms with van der Waals surface area (Å²) in [7, 11) is 1.34. The van der Waals surface area contributed by atoms with Gasteiger partial charge in [0.1, 0.15) is 0 Å². The quantitative estimate of drug-likeness (QED) is 0.467. The van der Waals surface area contributed by atoms with Gasteiger partial charge in [0.15, 0.2) is 11.8 Å². The second-order valence-corrected chi connectivity index (χ2v) is 8.21. The van der Waals surface area contributed by atoms with Gasteiger partial charge in [0.2, 0.25) is 5.95 Å². The summed E-state index contributed by atoms with van der Waals surface area (Å²) in [6, 6.07) is 11.9. The number of hydrogen-bond acceptors (Lipinski definition) is 8. The zero-order valence-electron chi connectivity index (χ0n) is 18.5. The topological polar surface area (TPSA) is 97.3 Å². The number of aryl methyl sites for hydroxylation is 1. The zero-order valence-corrected chi connectivity index (χ0v) is 18.5. The number of ketones is 1. The molecule has 0 saturated heterocycles. The van der Waals surface area contributed by atoms with Crippen LogP contribution in [-0.4, -0.2) is 45.3 Å². The third-order valence-electron chi connectivity index (χ3n) is 5.75. The SMILES string of the molecule is COC(=O)C1c2nc(Nc3ccnc(C)c3)ncc2C(C)(C)N1CC(=O)c1ccccc1. The molecule has 1 atom stereocenters. The molecule has 0 saturated carbocycles. The Kier molecular flexibility index (Phi) is 5.71. The number of pyridine rings is 1. The van der Waals surface area contributed by atoms with E-state index in [0.29, 0.717) is 17.2 Å². The first-order chi connectivity index (χ1) is 15.3. The van der Waals surface area contributed by atoms with Gasteiger partial charge in [-0.25, -0.2) is 14.8 Å². The maximum Gasteiger partial charge on any atom is 0.329 e. The molecule has 0 aliphatic carbocycles. The van der Waals surface area contributed by atoms with Crippen LogP contribution < -0.4 is 5.32 Å². The summed E-state index contributed by atoms with van der Waals surface area (Å²) in [4.78, 5) is 41.0. The molecule has 164 valence electrons. The lowest BCUT2D eigenvalue weighted by Crippen LogP contribution is -2.43.